The molecule has 0 aliphatic carbocycles. The molecule has 0 spiro atoms. The lowest BCUT2D eigenvalue weighted by molar-refractivity contribution is 0.177. The Morgan fingerprint density at radius 1 is 1.30 bits per heavy atom. The van der Waals surface area contributed by atoms with Crippen molar-refractivity contribution in [1.29, 1.82) is 0 Å². The van der Waals surface area contributed by atoms with Crippen LogP contribution in [0, 0.1) is 11.8 Å². The molecule has 6 nitrogen and oxygen atoms in total. The summed E-state index contributed by atoms with van der Waals surface area (Å²) in [6.45, 7) is 0.309. The van der Waals surface area contributed by atoms with E-state index in [2.05, 4.69) is 32.1 Å². The van der Waals surface area contributed by atoms with Gasteiger partial charge in [0.1, 0.15) is 18.6 Å². The van der Waals surface area contributed by atoms with Crippen LogP contribution in [0.5, 0.6) is 0 Å². The van der Waals surface area contributed by atoms with Gasteiger partial charge in [0.15, 0.2) is 0 Å². The number of alkyl carbamates (subject to hydrolysis) is 1. The van der Waals surface area contributed by atoms with Crippen LogP contribution in [0.1, 0.15) is 22.9 Å². The van der Waals surface area contributed by atoms with Crippen molar-refractivity contribution in [1.82, 2.24) is 20.3 Å². The number of cyclic esters (lactones) is 1. The summed E-state index contributed by atoms with van der Waals surface area (Å²) in [6, 6.07) is 3.44. The predicted octanol–water partition coefficient (Wildman–Crippen LogP) is 1.05. The number of carbonyl (C=O) groups is 1. The van der Waals surface area contributed by atoms with Crippen molar-refractivity contribution < 1.29 is 9.53 Å². The molecule has 3 rings (SSSR count). The molecule has 2 aromatic heterocycles. The number of nitrogens with one attached hydrogen (secondary N) is 1. The highest BCUT2D eigenvalue weighted by molar-refractivity contribution is 5.70. The van der Waals surface area contributed by atoms with Gasteiger partial charge in [-0.05, 0) is 23.6 Å². The Labute approximate surface area is 115 Å². The maximum atomic E-state index is 11.0. The first-order chi connectivity index (χ1) is 9.81. The predicted molar refractivity (Wildman–Crippen MR) is 69.5 cm³/mol. The van der Waals surface area contributed by atoms with E-state index in [1.54, 1.807) is 24.7 Å². The molecule has 1 amide bonds. The van der Waals surface area contributed by atoms with Gasteiger partial charge in [0, 0.05) is 24.2 Å². The SMILES string of the molecule is O=C1NC(c2cncc(C#Cc3ccncn3)c2)CO1. The molecule has 0 aromatic carbocycles. The zero-order valence-electron chi connectivity index (χ0n) is 10.4. The number of aromatic nitrogens is 3. The fraction of sp³-hybridized carbons (Fsp3) is 0.143. The van der Waals surface area contributed by atoms with Crippen molar-refractivity contribution in [3.63, 3.8) is 0 Å². The first kappa shape index (κ1) is 12.1. The van der Waals surface area contributed by atoms with Crippen LogP contribution in [0.4, 0.5) is 4.79 Å². The topological polar surface area (TPSA) is 77.0 Å². The molecule has 1 aliphatic heterocycles. The summed E-state index contributed by atoms with van der Waals surface area (Å²) in [7, 11) is 0. The highest BCUT2D eigenvalue weighted by atomic mass is 16.6. The molecule has 0 radical (unpaired) electrons. The zero-order chi connectivity index (χ0) is 13.8. The molecular weight excluding hydrogens is 256 g/mol. The molecule has 6 heteroatoms. The van der Waals surface area contributed by atoms with E-state index in [9.17, 15) is 4.79 Å². The second-order valence-corrected chi connectivity index (χ2v) is 4.15. The van der Waals surface area contributed by atoms with Gasteiger partial charge in [-0.1, -0.05) is 5.92 Å². The molecule has 98 valence electrons. The molecule has 2 aromatic rings. The minimum atomic E-state index is -0.410. The van der Waals surface area contributed by atoms with E-state index in [-0.39, 0.29) is 6.04 Å². The van der Waals surface area contributed by atoms with Gasteiger partial charge in [-0.25, -0.2) is 14.8 Å². The number of amides is 1. The summed E-state index contributed by atoms with van der Waals surface area (Å²) in [5.41, 5.74) is 2.26. The quantitative estimate of drug-likeness (QED) is 0.781. The molecule has 1 N–H and O–H groups in total. The number of nitrogens with zero attached hydrogens (tertiary/aromatic N) is 3. The highest BCUT2D eigenvalue weighted by Crippen LogP contribution is 2.17. The van der Waals surface area contributed by atoms with E-state index in [1.807, 2.05) is 6.07 Å². The average molecular weight is 266 g/mol. The van der Waals surface area contributed by atoms with E-state index in [0.29, 0.717) is 12.3 Å². The molecule has 1 aliphatic rings. The van der Waals surface area contributed by atoms with E-state index >= 15 is 0 Å². The summed E-state index contributed by atoms with van der Waals surface area (Å²) in [5, 5.41) is 2.70. The van der Waals surface area contributed by atoms with Gasteiger partial charge in [-0.3, -0.25) is 4.98 Å². The lowest BCUT2D eigenvalue weighted by atomic mass is 10.1. The van der Waals surface area contributed by atoms with E-state index in [0.717, 1.165) is 11.1 Å². The largest absolute Gasteiger partial charge is 0.447 e. The van der Waals surface area contributed by atoms with Crippen LogP contribution < -0.4 is 5.32 Å². The van der Waals surface area contributed by atoms with Crippen LogP contribution in [0.15, 0.2) is 37.1 Å². The maximum absolute atomic E-state index is 11.0. The van der Waals surface area contributed by atoms with E-state index in [1.165, 1.54) is 6.33 Å². The second kappa shape index (κ2) is 5.36. The average Bonchev–Trinajstić information content (AvgIpc) is 2.93. The van der Waals surface area contributed by atoms with Crippen molar-refractivity contribution in [3.05, 3.63) is 53.9 Å². The van der Waals surface area contributed by atoms with Crippen molar-refractivity contribution in [3.8, 4) is 11.8 Å². The number of hydrogen-bond acceptors (Lipinski definition) is 5. The van der Waals surface area contributed by atoms with Gasteiger partial charge < -0.3 is 10.1 Å². The summed E-state index contributed by atoms with van der Waals surface area (Å²) >= 11 is 0. The van der Waals surface area contributed by atoms with E-state index in [4.69, 9.17) is 4.74 Å². The third-order valence-corrected chi connectivity index (χ3v) is 2.75. The number of hydrogen-bond donors (Lipinski definition) is 1. The second-order valence-electron chi connectivity index (χ2n) is 4.15. The summed E-state index contributed by atoms with van der Waals surface area (Å²) in [5.74, 6) is 5.91. The molecule has 1 saturated heterocycles. The third kappa shape index (κ3) is 2.72. The molecule has 3 heterocycles. The van der Waals surface area contributed by atoms with Crippen molar-refractivity contribution in [2.75, 3.05) is 6.61 Å². The summed E-state index contributed by atoms with van der Waals surface area (Å²) in [6.07, 6.45) is 6.03. The maximum Gasteiger partial charge on any atom is 0.407 e. The van der Waals surface area contributed by atoms with Gasteiger partial charge >= 0.3 is 6.09 Å². The first-order valence-electron chi connectivity index (χ1n) is 5.97. The summed E-state index contributed by atoms with van der Waals surface area (Å²) < 4.78 is 4.86. The van der Waals surface area contributed by atoms with Gasteiger partial charge in [-0.15, -0.1) is 0 Å². The van der Waals surface area contributed by atoms with Crippen molar-refractivity contribution in [2.45, 2.75) is 6.04 Å². The molecule has 1 unspecified atom stereocenters. The van der Waals surface area contributed by atoms with Crippen molar-refractivity contribution in [2.24, 2.45) is 0 Å². The van der Waals surface area contributed by atoms with Gasteiger partial charge in [0.25, 0.3) is 0 Å². The molecule has 0 bridgehead atoms. The fourth-order valence-electron chi connectivity index (χ4n) is 1.78. The number of ether oxygens (including phenoxy) is 1. The Morgan fingerprint density at radius 2 is 2.25 bits per heavy atom. The molecule has 1 atom stereocenters. The molecular formula is C14H10N4O2. The van der Waals surface area contributed by atoms with Crippen LogP contribution in [0.25, 0.3) is 0 Å². The number of carbonyl (C=O) groups excluding carboxylic acids is 1. The Morgan fingerprint density at radius 3 is 3.00 bits per heavy atom. The van der Waals surface area contributed by atoms with Crippen LogP contribution >= 0.6 is 0 Å². The zero-order valence-corrected chi connectivity index (χ0v) is 10.4. The van der Waals surface area contributed by atoms with Crippen molar-refractivity contribution >= 4 is 6.09 Å². The van der Waals surface area contributed by atoms with Gasteiger partial charge in [0.05, 0.1) is 6.04 Å². The first-order valence-corrected chi connectivity index (χ1v) is 5.97. The molecule has 20 heavy (non-hydrogen) atoms. The summed E-state index contributed by atoms with van der Waals surface area (Å²) in [4.78, 5) is 23.0. The minimum Gasteiger partial charge on any atom is -0.447 e. The van der Waals surface area contributed by atoms with Gasteiger partial charge in [0.2, 0.25) is 0 Å². The molecule has 1 fully saturated rings. The van der Waals surface area contributed by atoms with Gasteiger partial charge in [-0.2, -0.15) is 0 Å². The Kier molecular flexibility index (Phi) is 3.25. The van der Waals surface area contributed by atoms with E-state index < -0.39 is 6.09 Å². The van der Waals surface area contributed by atoms with Crippen LogP contribution in [-0.2, 0) is 4.74 Å². The minimum absolute atomic E-state index is 0.171. The number of rotatable bonds is 1. The smallest absolute Gasteiger partial charge is 0.407 e. The molecule has 0 saturated carbocycles. The van der Waals surface area contributed by atoms with Crippen LogP contribution in [0.2, 0.25) is 0 Å². The van der Waals surface area contributed by atoms with Crippen LogP contribution in [0.3, 0.4) is 0 Å². The monoisotopic (exact) mass is 266 g/mol. The fourth-order valence-corrected chi connectivity index (χ4v) is 1.78. The normalized spacial score (nSPS) is 16.8. The Hall–Kier alpha value is -2.94. The highest BCUT2D eigenvalue weighted by Gasteiger charge is 2.23. The number of pyridine rings is 1. The standard InChI is InChI=1S/C14H10N4O2/c19-14-18-13(8-20-14)11-5-10(6-16-7-11)1-2-12-3-4-15-9-17-12/h3-7,9,13H,8H2,(H,18,19). The Balaban J connectivity index is 1.82. The third-order valence-electron chi connectivity index (χ3n) is 2.75. The Bertz CT molecular complexity index is 691. The van der Waals surface area contributed by atoms with Crippen LogP contribution in [-0.4, -0.2) is 27.7 Å². The lowest BCUT2D eigenvalue weighted by Gasteiger charge is -2.06. The lowest BCUT2D eigenvalue weighted by Crippen LogP contribution is -2.18.